The molecule has 6 heteroatoms. The molecular formula is C17H23N3OS2. The highest BCUT2D eigenvalue weighted by atomic mass is 32.1. The van der Waals surface area contributed by atoms with Crippen LogP contribution in [0.5, 0.6) is 0 Å². The average molecular weight is 350 g/mol. The highest BCUT2D eigenvalue weighted by Crippen LogP contribution is 2.14. The molecule has 2 rings (SSSR count). The summed E-state index contributed by atoms with van der Waals surface area (Å²) < 4.78 is 0. The minimum atomic E-state index is -0.0427. The number of carbonyl (C=O) groups is 1. The van der Waals surface area contributed by atoms with Crippen molar-refractivity contribution >= 4 is 34.7 Å². The summed E-state index contributed by atoms with van der Waals surface area (Å²) in [6.07, 6.45) is 1.91. The zero-order chi connectivity index (χ0) is 16.7. The number of hydrogen-bond acceptors (Lipinski definition) is 5. The van der Waals surface area contributed by atoms with Crippen LogP contribution in [0, 0.1) is 0 Å². The Morgan fingerprint density at radius 1 is 1.35 bits per heavy atom. The van der Waals surface area contributed by atoms with Crippen LogP contribution < -0.4 is 5.32 Å². The van der Waals surface area contributed by atoms with E-state index >= 15 is 0 Å². The Morgan fingerprint density at radius 2 is 2.13 bits per heavy atom. The van der Waals surface area contributed by atoms with Crippen molar-refractivity contribution in [3.63, 3.8) is 0 Å². The van der Waals surface area contributed by atoms with Gasteiger partial charge in [-0.15, -0.1) is 22.7 Å². The first-order valence-corrected chi connectivity index (χ1v) is 9.54. The summed E-state index contributed by atoms with van der Waals surface area (Å²) in [4.78, 5) is 20.1. The van der Waals surface area contributed by atoms with E-state index in [4.69, 9.17) is 0 Å². The number of nitrogens with one attached hydrogen (secondary N) is 1. The van der Waals surface area contributed by atoms with Crippen LogP contribution in [0.25, 0.3) is 6.08 Å². The van der Waals surface area contributed by atoms with Gasteiger partial charge in [0, 0.05) is 22.4 Å². The van der Waals surface area contributed by atoms with Gasteiger partial charge in [-0.2, -0.15) is 0 Å². The van der Waals surface area contributed by atoms with Gasteiger partial charge < -0.3 is 5.32 Å². The first kappa shape index (κ1) is 17.8. The number of rotatable bonds is 8. The van der Waals surface area contributed by atoms with Crippen LogP contribution in [0.3, 0.4) is 0 Å². The van der Waals surface area contributed by atoms with Gasteiger partial charge in [-0.3, -0.25) is 9.69 Å². The van der Waals surface area contributed by atoms with Gasteiger partial charge in [0.25, 0.3) is 0 Å². The Morgan fingerprint density at radius 3 is 2.78 bits per heavy atom. The summed E-state index contributed by atoms with van der Waals surface area (Å²) in [5.41, 5.74) is 1.79. The second-order valence-corrected chi connectivity index (χ2v) is 7.14. The molecule has 0 unspecified atom stereocenters. The van der Waals surface area contributed by atoms with E-state index in [1.54, 1.807) is 22.7 Å². The summed E-state index contributed by atoms with van der Waals surface area (Å²) in [7, 11) is 0. The molecule has 0 aromatic carbocycles. The van der Waals surface area contributed by atoms with Gasteiger partial charge in [0.05, 0.1) is 12.2 Å². The maximum absolute atomic E-state index is 12.1. The maximum atomic E-state index is 12.1. The van der Waals surface area contributed by atoms with Gasteiger partial charge in [0.15, 0.2) is 0 Å². The van der Waals surface area contributed by atoms with Crippen LogP contribution >= 0.6 is 22.7 Å². The third-order valence-corrected chi connectivity index (χ3v) is 5.26. The Balaban J connectivity index is 1.86. The van der Waals surface area contributed by atoms with Gasteiger partial charge in [-0.05, 0) is 37.5 Å². The van der Waals surface area contributed by atoms with Gasteiger partial charge >= 0.3 is 0 Å². The standard InChI is InChI=1S/C17H23N3OS2/c1-4-20(5-2)11-14-12-23-16(19-14)10-18-17(21)13(3)9-15-7-6-8-22-15/h6-9,12H,4-5,10-11H2,1-3H3,(H,18,21)/b13-9+. The minimum absolute atomic E-state index is 0.0427. The van der Waals surface area contributed by atoms with E-state index in [-0.39, 0.29) is 5.91 Å². The molecule has 0 spiro atoms. The fourth-order valence-electron chi connectivity index (χ4n) is 2.13. The Labute approximate surface area is 145 Å². The topological polar surface area (TPSA) is 45.2 Å². The predicted molar refractivity (Wildman–Crippen MR) is 98.6 cm³/mol. The number of thiophene rings is 1. The first-order valence-electron chi connectivity index (χ1n) is 7.78. The van der Waals surface area contributed by atoms with Crippen LogP contribution in [-0.2, 0) is 17.9 Å². The molecule has 1 N–H and O–H groups in total. The van der Waals surface area contributed by atoms with E-state index in [9.17, 15) is 4.79 Å². The van der Waals surface area contributed by atoms with E-state index < -0.39 is 0 Å². The van der Waals surface area contributed by atoms with Crippen molar-refractivity contribution in [3.05, 3.63) is 44.0 Å². The Hall–Kier alpha value is -1.50. The summed E-state index contributed by atoms with van der Waals surface area (Å²) in [5, 5.41) is 7.97. The normalized spacial score (nSPS) is 11.9. The van der Waals surface area contributed by atoms with Crippen LogP contribution in [0.1, 0.15) is 36.3 Å². The molecule has 124 valence electrons. The predicted octanol–water partition coefficient (Wildman–Crippen LogP) is 3.77. The highest BCUT2D eigenvalue weighted by Gasteiger charge is 2.08. The largest absolute Gasteiger partial charge is 0.346 e. The molecule has 23 heavy (non-hydrogen) atoms. The van der Waals surface area contributed by atoms with Crippen molar-refractivity contribution in [2.75, 3.05) is 13.1 Å². The highest BCUT2D eigenvalue weighted by molar-refractivity contribution is 7.10. The summed E-state index contributed by atoms with van der Waals surface area (Å²) >= 11 is 3.23. The molecule has 0 atom stereocenters. The molecule has 0 saturated carbocycles. The lowest BCUT2D eigenvalue weighted by Crippen LogP contribution is -2.24. The van der Waals surface area contributed by atoms with E-state index in [1.807, 2.05) is 30.5 Å². The van der Waals surface area contributed by atoms with Crippen LogP contribution in [0.15, 0.2) is 28.5 Å². The second kappa shape index (κ2) is 8.96. The molecular weight excluding hydrogens is 326 g/mol. The third-order valence-electron chi connectivity index (χ3n) is 3.54. The van der Waals surface area contributed by atoms with Gasteiger partial charge in [0.1, 0.15) is 5.01 Å². The van der Waals surface area contributed by atoms with Crippen molar-refractivity contribution in [1.29, 1.82) is 0 Å². The quantitative estimate of drug-likeness (QED) is 0.738. The number of thiazole rings is 1. The summed E-state index contributed by atoms with van der Waals surface area (Å²) in [6.45, 7) is 9.54. The lowest BCUT2D eigenvalue weighted by Gasteiger charge is -2.15. The SMILES string of the molecule is CCN(CC)Cc1csc(CNC(=O)/C(C)=C/c2cccs2)n1. The van der Waals surface area contributed by atoms with Gasteiger partial charge in [0.2, 0.25) is 5.91 Å². The van der Waals surface area contributed by atoms with E-state index in [1.165, 1.54) is 0 Å². The van der Waals surface area contributed by atoms with Crippen LogP contribution in [-0.4, -0.2) is 28.9 Å². The smallest absolute Gasteiger partial charge is 0.247 e. The molecule has 2 heterocycles. The Kier molecular flexibility index (Phi) is 6.95. The van der Waals surface area contributed by atoms with Gasteiger partial charge in [-0.1, -0.05) is 19.9 Å². The number of aromatic nitrogens is 1. The summed E-state index contributed by atoms with van der Waals surface area (Å²) in [6, 6.07) is 3.98. The number of nitrogens with zero attached hydrogens (tertiary/aromatic N) is 2. The van der Waals surface area contributed by atoms with E-state index in [0.29, 0.717) is 12.1 Å². The van der Waals surface area contributed by atoms with Crippen molar-refractivity contribution in [2.45, 2.75) is 33.9 Å². The van der Waals surface area contributed by atoms with Crippen LogP contribution in [0.4, 0.5) is 0 Å². The molecule has 0 aliphatic rings. The zero-order valence-corrected chi connectivity index (χ0v) is 15.5. The molecule has 1 amide bonds. The number of carbonyl (C=O) groups excluding carboxylic acids is 1. The molecule has 4 nitrogen and oxygen atoms in total. The average Bonchev–Trinajstić information content (AvgIpc) is 3.21. The lowest BCUT2D eigenvalue weighted by molar-refractivity contribution is -0.117. The molecule has 0 bridgehead atoms. The molecule has 0 aliphatic carbocycles. The molecule has 2 aromatic rings. The van der Waals surface area contributed by atoms with E-state index in [0.717, 1.165) is 35.2 Å². The maximum Gasteiger partial charge on any atom is 0.247 e. The second-order valence-electron chi connectivity index (χ2n) is 5.22. The first-order chi connectivity index (χ1) is 11.1. The number of amides is 1. The number of hydrogen-bond donors (Lipinski definition) is 1. The molecule has 0 aliphatic heterocycles. The van der Waals surface area contributed by atoms with Crippen molar-refractivity contribution in [1.82, 2.24) is 15.2 Å². The third kappa shape index (κ3) is 5.57. The lowest BCUT2D eigenvalue weighted by atomic mass is 10.2. The van der Waals surface area contributed by atoms with Crippen molar-refractivity contribution in [3.8, 4) is 0 Å². The minimum Gasteiger partial charge on any atom is -0.346 e. The Bertz CT molecular complexity index is 643. The van der Waals surface area contributed by atoms with Crippen LogP contribution in [0.2, 0.25) is 0 Å². The molecule has 0 radical (unpaired) electrons. The molecule has 0 saturated heterocycles. The van der Waals surface area contributed by atoms with Crippen molar-refractivity contribution in [2.24, 2.45) is 0 Å². The molecule has 0 fully saturated rings. The monoisotopic (exact) mass is 349 g/mol. The fraction of sp³-hybridized carbons (Fsp3) is 0.412. The zero-order valence-electron chi connectivity index (χ0n) is 13.8. The fourth-order valence-corrected chi connectivity index (χ4v) is 3.57. The van der Waals surface area contributed by atoms with E-state index in [2.05, 4.69) is 34.4 Å². The molecule has 2 aromatic heterocycles. The van der Waals surface area contributed by atoms with Crippen molar-refractivity contribution < 1.29 is 4.79 Å². The van der Waals surface area contributed by atoms with Gasteiger partial charge in [-0.25, -0.2) is 4.98 Å². The summed E-state index contributed by atoms with van der Waals surface area (Å²) in [5.74, 6) is -0.0427.